The molecule has 0 heterocycles. The van der Waals surface area contributed by atoms with E-state index < -0.39 is 5.97 Å². The van der Waals surface area contributed by atoms with Gasteiger partial charge >= 0.3 is 5.97 Å². The van der Waals surface area contributed by atoms with Gasteiger partial charge in [0.25, 0.3) is 0 Å². The number of amides is 1. The molecule has 0 unspecified atom stereocenters. The summed E-state index contributed by atoms with van der Waals surface area (Å²) in [4.78, 5) is 25.8. The van der Waals surface area contributed by atoms with Crippen LogP contribution >= 0.6 is 11.6 Å². The Morgan fingerprint density at radius 1 is 1.20 bits per heavy atom. The lowest BCUT2D eigenvalue weighted by Crippen LogP contribution is -2.30. The molecule has 132 valence electrons. The lowest BCUT2D eigenvalue weighted by molar-refractivity contribution is -0.117. The van der Waals surface area contributed by atoms with Crippen LogP contribution in [0.3, 0.4) is 0 Å². The second-order valence-corrected chi connectivity index (χ2v) is 6.31. The Labute approximate surface area is 152 Å². The first-order chi connectivity index (χ1) is 11.9. The molecule has 5 nitrogen and oxygen atoms in total. The topological polar surface area (TPSA) is 58.6 Å². The molecule has 0 spiro atoms. The van der Waals surface area contributed by atoms with E-state index in [9.17, 15) is 9.59 Å². The van der Waals surface area contributed by atoms with Crippen LogP contribution in [0.5, 0.6) is 0 Å². The largest absolute Gasteiger partial charge is 0.465 e. The minimum atomic E-state index is -0.437. The van der Waals surface area contributed by atoms with E-state index in [0.29, 0.717) is 22.8 Å². The maximum atomic E-state index is 12.3. The number of aryl methyl sites for hydroxylation is 1. The van der Waals surface area contributed by atoms with Crippen LogP contribution in [0.4, 0.5) is 5.69 Å². The molecule has 1 N–H and O–H groups in total. The predicted molar refractivity (Wildman–Crippen MR) is 98.9 cm³/mol. The van der Waals surface area contributed by atoms with Gasteiger partial charge in [-0.25, -0.2) is 4.79 Å². The number of benzene rings is 2. The molecule has 0 aliphatic carbocycles. The van der Waals surface area contributed by atoms with Crippen LogP contribution in [-0.2, 0) is 16.1 Å². The van der Waals surface area contributed by atoms with Crippen molar-refractivity contribution >= 4 is 29.2 Å². The van der Waals surface area contributed by atoms with Gasteiger partial charge in [-0.2, -0.15) is 0 Å². The third-order valence-corrected chi connectivity index (χ3v) is 3.92. The van der Waals surface area contributed by atoms with Gasteiger partial charge in [0.15, 0.2) is 0 Å². The van der Waals surface area contributed by atoms with E-state index in [1.807, 2.05) is 43.1 Å². The number of esters is 1. The molecule has 0 fully saturated rings. The van der Waals surface area contributed by atoms with E-state index in [-0.39, 0.29) is 12.5 Å². The van der Waals surface area contributed by atoms with Crippen molar-refractivity contribution in [2.24, 2.45) is 0 Å². The molecule has 0 aliphatic heterocycles. The highest BCUT2D eigenvalue weighted by atomic mass is 35.5. The summed E-state index contributed by atoms with van der Waals surface area (Å²) in [6.45, 7) is 2.69. The number of nitrogens with one attached hydrogen (secondary N) is 1. The maximum absolute atomic E-state index is 12.3. The number of anilines is 1. The first-order valence-corrected chi connectivity index (χ1v) is 8.18. The number of carbonyl (C=O) groups is 2. The van der Waals surface area contributed by atoms with Gasteiger partial charge in [0.05, 0.1) is 19.2 Å². The van der Waals surface area contributed by atoms with Gasteiger partial charge in [0.2, 0.25) is 5.91 Å². The van der Waals surface area contributed by atoms with E-state index in [1.54, 1.807) is 18.2 Å². The fourth-order valence-electron chi connectivity index (χ4n) is 2.44. The van der Waals surface area contributed by atoms with Crippen LogP contribution in [-0.4, -0.2) is 37.5 Å². The van der Waals surface area contributed by atoms with Crippen LogP contribution in [0.2, 0.25) is 5.02 Å². The van der Waals surface area contributed by atoms with Gasteiger partial charge < -0.3 is 10.1 Å². The molecule has 0 bridgehead atoms. The summed E-state index contributed by atoms with van der Waals surface area (Å²) in [7, 11) is 3.18. The summed E-state index contributed by atoms with van der Waals surface area (Å²) >= 11 is 5.98. The SMILES string of the molecule is COC(=O)c1ccc(C)c(NC(=O)CN(C)Cc2cccc(Cl)c2)c1. The van der Waals surface area contributed by atoms with Crippen LogP contribution in [0.25, 0.3) is 0 Å². The normalized spacial score (nSPS) is 10.6. The summed E-state index contributed by atoms with van der Waals surface area (Å²) in [6, 6.07) is 12.6. The zero-order valence-electron chi connectivity index (χ0n) is 14.5. The highest BCUT2D eigenvalue weighted by Crippen LogP contribution is 2.18. The first kappa shape index (κ1) is 19.0. The van der Waals surface area contributed by atoms with Gasteiger partial charge in [-0.1, -0.05) is 29.8 Å². The third-order valence-electron chi connectivity index (χ3n) is 3.69. The Balaban J connectivity index is 1.98. The molecule has 0 saturated heterocycles. The zero-order valence-corrected chi connectivity index (χ0v) is 15.3. The standard InChI is InChI=1S/C19H21ClN2O3/c1-13-7-8-15(19(24)25-3)10-17(13)21-18(23)12-22(2)11-14-5-4-6-16(20)9-14/h4-10H,11-12H2,1-3H3,(H,21,23). The Morgan fingerprint density at radius 2 is 1.96 bits per heavy atom. The number of ether oxygens (including phenoxy) is 1. The summed E-state index contributed by atoms with van der Waals surface area (Å²) in [6.07, 6.45) is 0. The van der Waals surface area contributed by atoms with Crippen LogP contribution in [0.15, 0.2) is 42.5 Å². The fraction of sp³-hybridized carbons (Fsp3) is 0.263. The maximum Gasteiger partial charge on any atom is 0.337 e. The van der Waals surface area contributed by atoms with Crippen LogP contribution in [0.1, 0.15) is 21.5 Å². The highest BCUT2D eigenvalue weighted by Gasteiger charge is 2.12. The number of likely N-dealkylation sites (N-methyl/N-ethyl adjacent to an activating group) is 1. The summed E-state index contributed by atoms with van der Waals surface area (Å²) in [5.41, 5.74) is 2.91. The number of hydrogen-bond donors (Lipinski definition) is 1. The second-order valence-electron chi connectivity index (χ2n) is 5.87. The second kappa shape index (κ2) is 8.65. The van der Waals surface area contributed by atoms with E-state index in [2.05, 4.69) is 5.32 Å². The van der Waals surface area contributed by atoms with Crippen molar-refractivity contribution in [1.29, 1.82) is 0 Å². The molecular formula is C19H21ClN2O3. The lowest BCUT2D eigenvalue weighted by atomic mass is 10.1. The fourth-order valence-corrected chi connectivity index (χ4v) is 2.65. The van der Waals surface area contributed by atoms with Crippen LogP contribution in [0, 0.1) is 6.92 Å². The number of hydrogen-bond acceptors (Lipinski definition) is 4. The van der Waals surface area contributed by atoms with Crippen molar-refractivity contribution < 1.29 is 14.3 Å². The molecule has 0 saturated carbocycles. The molecule has 2 aromatic carbocycles. The average Bonchev–Trinajstić information content (AvgIpc) is 2.55. The van der Waals surface area contributed by atoms with Gasteiger partial charge in [-0.05, 0) is 49.4 Å². The molecule has 0 aliphatic rings. The Bertz CT molecular complexity index is 777. The summed E-state index contributed by atoms with van der Waals surface area (Å²) in [5.74, 6) is -0.594. The van der Waals surface area contributed by atoms with Crippen molar-refractivity contribution in [2.45, 2.75) is 13.5 Å². The zero-order chi connectivity index (χ0) is 18.4. The van der Waals surface area contributed by atoms with Crippen molar-refractivity contribution in [3.63, 3.8) is 0 Å². The van der Waals surface area contributed by atoms with Crippen LogP contribution < -0.4 is 5.32 Å². The highest BCUT2D eigenvalue weighted by molar-refractivity contribution is 6.30. The Morgan fingerprint density at radius 3 is 2.64 bits per heavy atom. The summed E-state index contributed by atoms with van der Waals surface area (Å²) < 4.78 is 4.71. The quantitative estimate of drug-likeness (QED) is 0.801. The Hall–Kier alpha value is -2.37. The minimum absolute atomic E-state index is 0.158. The molecule has 0 radical (unpaired) electrons. The summed E-state index contributed by atoms with van der Waals surface area (Å²) in [5, 5.41) is 3.52. The molecule has 0 aromatic heterocycles. The lowest BCUT2D eigenvalue weighted by Gasteiger charge is -2.17. The van der Waals surface area contributed by atoms with Gasteiger partial charge in [-0.15, -0.1) is 0 Å². The molecule has 0 atom stereocenters. The smallest absolute Gasteiger partial charge is 0.337 e. The van der Waals surface area contributed by atoms with Gasteiger partial charge in [-0.3, -0.25) is 9.69 Å². The number of nitrogens with zero attached hydrogens (tertiary/aromatic N) is 1. The van der Waals surface area contributed by atoms with Crippen molar-refractivity contribution in [2.75, 3.05) is 26.0 Å². The molecule has 2 aromatic rings. The van der Waals surface area contributed by atoms with Gasteiger partial charge in [0, 0.05) is 17.3 Å². The first-order valence-electron chi connectivity index (χ1n) is 7.81. The van der Waals surface area contributed by atoms with E-state index in [1.165, 1.54) is 7.11 Å². The number of carbonyl (C=O) groups excluding carboxylic acids is 2. The van der Waals surface area contributed by atoms with Gasteiger partial charge in [0.1, 0.15) is 0 Å². The number of rotatable bonds is 6. The predicted octanol–water partition coefficient (Wildman–Crippen LogP) is 3.51. The monoisotopic (exact) mass is 360 g/mol. The molecular weight excluding hydrogens is 340 g/mol. The average molecular weight is 361 g/mol. The van der Waals surface area contributed by atoms with Crippen molar-refractivity contribution in [1.82, 2.24) is 4.90 Å². The van der Waals surface area contributed by atoms with E-state index in [0.717, 1.165) is 11.1 Å². The van der Waals surface area contributed by atoms with E-state index in [4.69, 9.17) is 16.3 Å². The Kier molecular flexibility index (Phi) is 6.56. The number of halogens is 1. The minimum Gasteiger partial charge on any atom is -0.465 e. The third kappa shape index (κ3) is 5.59. The number of methoxy groups -OCH3 is 1. The molecule has 1 amide bonds. The van der Waals surface area contributed by atoms with Crippen molar-refractivity contribution in [3.8, 4) is 0 Å². The molecule has 2 rings (SSSR count). The molecule has 6 heteroatoms. The molecule has 25 heavy (non-hydrogen) atoms. The van der Waals surface area contributed by atoms with Crippen molar-refractivity contribution in [3.05, 3.63) is 64.2 Å². The van der Waals surface area contributed by atoms with E-state index >= 15 is 0 Å².